The molecule has 3 N–H and O–H groups in total. The molecule has 8 nitrogen and oxygen atoms in total. The van der Waals surface area contributed by atoms with Crippen LogP contribution in [0.4, 0.5) is 5.95 Å². The van der Waals surface area contributed by atoms with Gasteiger partial charge in [-0.3, -0.25) is 0 Å². The summed E-state index contributed by atoms with van der Waals surface area (Å²) < 4.78 is 11.3. The van der Waals surface area contributed by atoms with Gasteiger partial charge >= 0.3 is 0 Å². The van der Waals surface area contributed by atoms with E-state index >= 15 is 0 Å². The number of tetrazole rings is 1. The molecular formula is C17H20N6O2. The summed E-state index contributed by atoms with van der Waals surface area (Å²) in [6.07, 6.45) is 0. The number of nitrogens with two attached hydrogens (primary N) is 1. The second-order valence-electron chi connectivity index (χ2n) is 5.54. The van der Waals surface area contributed by atoms with Crippen LogP contribution in [0.2, 0.25) is 0 Å². The number of ether oxygens (including phenoxy) is 2. The number of aryl methyl sites for hydroxylation is 1. The molecule has 0 radical (unpaired) electrons. The molecule has 0 saturated carbocycles. The minimum Gasteiger partial charge on any atom is -0.493 e. The first-order valence-electron chi connectivity index (χ1n) is 7.78. The van der Waals surface area contributed by atoms with Gasteiger partial charge < -0.3 is 20.6 Å². The lowest BCUT2D eigenvalue weighted by molar-refractivity contribution is 0.284. The Bertz CT molecular complexity index is 831. The third-order valence-corrected chi connectivity index (χ3v) is 3.67. The molecule has 8 heteroatoms. The van der Waals surface area contributed by atoms with E-state index in [4.69, 9.17) is 15.2 Å². The van der Waals surface area contributed by atoms with E-state index in [0.29, 0.717) is 24.7 Å². The fourth-order valence-electron chi connectivity index (χ4n) is 2.26. The lowest BCUT2D eigenvalue weighted by Crippen LogP contribution is -2.18. The first kappa shape index (κ1) is 16.6. The number of nitrogens with one attached hydrogen (secondary N) is 1. The molecule has 1 heterocycles. The van der Waals surface area contributed by atoms with Crippen LogP contribution in [0.1, 0.15) is 16.7 Å². The van der Waals surface area contributed by atoms with Crippen LogP contribution in [0.5, 0.6) is 11.5 Å². The maximum Gasteiger partial charge on any atom is 0.260 e. The van der Waals surface area contributed by atoms with Gasteiger partial charge in [-0.2, -0.15) is 0 Å². The van der Waals surface area contributed by atoms with E-state index < -0.39 is 0 Å². The van der Waals surface area contributed by atoms with Crippen LogP contribution in [0.3, 0.4) is 0 Å². The summed E-state index contributed by atoms with van der Waals surface area (Å²) in [6.45, 7) is 3.03. The number of nitrogens with zero attached hydrogens (tertiary/aromatic N) is 4. The quantitative estimate of drug-likeness (QED) is 0.677. The molecule has 0 aliphatic carbocycles. The minimum atomic E-state index is 0.199. The molecule has 1 aromatic heterocycles. The first-order chi connectivity index (χ1) is 12.2. The van der Waals surface area contributed by atoms with E-state index in [0.717, 1.165) is 11.1 Å². The Morgan fingerprint density at radius 3 is 2.52 bits per heavy atom. The summed E-state index contributed by atoms with van der Waals surface area (Å²) >= 11 is 0. The third kappa shape index (κ3) is 4.17. The molecule has 0 spiro atoms. The van der Waals surface area contributed by atoms with Crippen molar-refractivity contribution in [1.29, 1.82) is 0 Å². The van der Waals surface area contributed by atoms with E-state index in [2.05, 4.69) is 52.1 Å². The zero-order valence-corrected chi connectivity index (χ0v) is 14.1. The fourth-order valence-corrected chi connectivity index (χ4v) is 2.26. The monoisotopic (exact) mass is 340 g/mol. The van der Waals surface area contributed by atoms with E-state index in [-0.39, 0.29) is 5.95 Å². The number of anilines is 1. The Kier molecular flexibility index (Phi) is 4.98. The minimum absolute atomic E-state index is 0.199. The van der Waals surface area contributed by atoms with Crippen LogP contribution in [0.15, 0.2) is 42.5 Å². The Morgan fingerprint density at radius 2 is 1.84 bits per heavy atom. The topological polar surface area (TPSA) is 100 Å². The summed E-state index contributed by atoms with van der Waals surface area (Å²) in [4.78, 5) is 1.31. The van der Waals surface area contributed by atoms with Crippen molar-refractivity contribution in [2.45, 2.75) is 20.1 Å². The van der Waals surface area contributed by atoms with Crippen LogP contribution in [0, 0.1) is 6.92 Å². The summed E-state index contributed by atoms with van der Waals surface area (Å²) in [5.74, 6) is 1.55. The normalized spacial score (nSPS) is 10.5. The van der Waals surface area contributed by atoms with Crippen molar-refractivity contribution in [3.05, 3.63) is 59.2 Å². The van der Waals surface area contributed by atoms with Crippen molar-refractivity contribution in [1.82, 2.24) is 20.3 Å². The van der Waals surface area contributed by atoms with Gasteiger partial charge in [0.2, 0.25) is 0 Å². The third-order valence-electron chi connectivity index (χ3n) is 3.67. The average molecular weight is 340 g/mol. The molecule has 2 aromatic carbocycles. The number of hydrogen-bond acceptors (Lipinski definition) is 7. The molecule has 0 aliphatic heterocycles. The summed E-state index contributed by atoms with van der Waals surface area (Å²) in [5, 5.41) is 10.8. The second kappa shape index (κ2) is 7.52. The summed E-state index contributed by atoms with van der Waals surface area (Å²) in [6, 6.07) is 14.0. The van der Waals surface area contributed by atoms with Gasteiger partial charge in [-0.05, 0) is 40.6 Å². The molecule has 3 rings (SSSR count). The number of hydrogen-bond donors (Lipinski definition) is 2. The van der Waals surface area contributed by atoms with Crippen LogP contribution in [0.25, 0.3) is 0 Å². The molecule has 0 amide bonds. The van der Waals surface area contributed by atoms with E-state index in [1.165, 1.54) is 10.4 Å². The molecule has 0 fully saturated rings. The number of aromatic nitrogens is 4. The Balaban J connectivity index is 1.64. The SMILES string of the molecule is COc1cc(CNn2nnnc2N)ccc1OCc1ccc(C)cc1. The van der Waals surface area contributed by atoms with Crippen molar-refractivity contribution in [2.75, 3.05) is 18.3 Å². The molecule has 25 heavy (non-hydrogen) atoms. The lowest BCUT2D eigenvalue weighted by atomic mass is 10.1. The standard InChI is InChI=1S/C17H20N6O2/c1-12-3-5-13(6-4-12)11-25-15-8-7-14(9-16(15)24-2)10-19-23-17(18)20-21-22-23/h3-9,19H,10-11H2,1-2H3,(H2,18,20,22). The Morgan fingerprint density at radius 1 is 1.08 bits per heavy atom. The highest BCUT2D eigenvalue weighted by Gasteiger charge is 2.07. The van der Waals surface area contributed by atoms with Gasteiger partial charge in [0.05, 0.1) is 13.7 Å². The van der Waals surface area contributed by atoms with Gasteiger partial charge in [0, 0.05) is 0 Å². The molecule has 0 bridgehead atoms. The van der Waals surface area contributed by atoms with Gasteiger partial charge in [0.15, 0.2) is 11.5 Å². The van der Waals surface area contributed by atoms with Crippen molar-refractivity contribution in [3.8, 4) is 11.5 Å². The van der Waals surface area contributed by atoms with Crippen molar-refractivity contribution >= 4 is 5.95 Å². The maximum absolute atomic E-state index is 5.88. The number of rotatable bonds is 7. The molecule has 0 saturated heterocycles. The highest BCUT2D eigenvalue weighted by atomic mass is 16.5. The molecule has 0 atom stereocenters. The number of methoxy groups -OCH3 is 1. The smallest absolute Gasteiger partial charge is 0.260 e. The summed E-state index contributed by atoms with van der Waals surface area (Å²) in [7, 11) is 1.62. The summed E-state index contributed by atoms with van der Waals surface area (Å²) in [5.41, 5.74) is 11.9. The predicted molar refractivity (Wildman–Crippen MR) is 93.8 cm³/mol. The molecule has 130 valence electrons. The van der Waals surface area contributed by atoms with Gasteiger partial charge in [-0.15, -0.1) is 4.79 Å². The average Bonchev–Trinajstić information content (AvgIpc) is 3.04. The van der Waals surface area contributed by atoms with Crippen molar-refractivity contribution in [2.24, 2.45) is 0 Å². The molecule has 0 unspecified atom stereocenters. The van der Waals surface area contributed by atoms with Crippen LogP contribution < -0.4 is 20.6 Å². The highest BCUT2D eigenvalue weighted by Crippen LogP contribution is 2.29. The van der Waals surface area contributed by atoms with Crippen LogP contribution in [-0.2, 0) is 13.2 Å². The molecule has 0 aliphatic rings. The highest BCUT2D eigenvalue weighted by molar-refractivity contribution is 5.43. The van der Waals surface area contributed by atoms with Gasteiger partial charge in [-0.25, -0.2) is 0 Å². The largest absolute Gasteiger partial charge is 0.493 e. The van der Waals surface area contributed by atoms with E-state index in [1.807, 2.05) is 18.2 Å². The Hall–Kier alpha value is -3.29. The molecular weight excluding hydrogens is 320 g/mol. The van der Waals surface area contributed by atoms with Crippen LogP contribution in [-0.4, -0.2) is 27.4 Å². The van der Waals surface area contributed by atoms with Gasteiger partial charge in [-0.1, -0.05) is 41.0 Å². The lowest BCUT2D eigenvalue weighted by Gasteiger charge is -2.13. The number of benzene rings is 2. The van der Waals surface area contributed by atoms with Crippen molar-refractivity contribution in [3.63, 3.8) is 0 Å². The van der Waals surface area contributed by atoms with Crippen LogP contribution >= 0.6 is 0 Å². The van der Waals surface area contributed by atoms with Gasteiger partial charge in [0.1, 0.15) is 6.61 Å². The maximum atomic E-state index is 5.88. The fraction of sp³-hybridized carbons (Fsp3) is 0.235. The zero-order chi connectivity index (χ0) is 17.6. The van der Waals surface area contributed by atoms with E-state index in [1.54, 1.807) is 7.11 Å². The van der Waals surface area contributed by atoms with Gasteiger partial charge in [0.25, 0.3) is 5.95 Å². The second-order valence-corrected chi connectivity index (χ2v) is 5.54. The first-order valence-corrected chi connectivity index (χ1v) is 7.78. The predicted octanol–water partition coefficient (Wildman–Crippen LogP) is 1.90. The van der Waals surface area contributed by atoms with E-state index in [9.17, 15) is 0 Å². The zero-order valence-electron chi connectivity index (χ0n) is 14.1. The number of nitrogen functional groups attached to an aromatic ring is 1. The van der Waals surface area contributed by atoms with Crippen molar-refractivity contribution < 1.29 is 9.47 Å². The molecule has 3 aromatic rings. The Labute approximate surface area is 145 Å².